The Labute approximate surface area is 147 Å². The lowest BCUT2D eigenvalue weighted by atomic mass is 10.2. The van der Waals surface area contributed by atoms with Gasteiger partial charge in [0.2, 0.25) is 6.29 Å². The molecule has 4 nitrogen and oxygen atoms in total. The maximum Gasteiger partial charge on any atom is 0.333 e. The molecular formula is C21H20O4. The summed E-state index contributed by atoms with van der Waals surface area (Å²) >= 11 is 0. The van der Waals surface area contributed by atoms with Gasteiger partial charge >= 0.3 is 11.9 Å². The fourth-order valence-electron chi connectivity index (χ4n) is 1.99. The Kier molecular flexibility index (Phi) is 7.19. The van der Waals surface area contributed by atoms with Crippen LogP contribution < -0.4 is 0 Å². The summed E-state index contributed by atoms with van der Waals surface area (Å²) in [5.41, 5.74) is 1.77. The quantitative estimate of drug-likeness (QED) is 0.431. The summed E-state index contributed by atoms with van der Waals surface area (Å²) in [6.07, 6.45) is 5.37. The van der Waals surface area contributed by atoms with E-state index in [1.165, 1.54) is 12.2 Å². The van der Waals surface area contributed by atoms with Gasteiger partial charge in [0, 0.05) is 18.6 Å². The van der Waals surface area contributed by atoms with Gasteiger partial charge < -0.3 is 9.47 Å². The van der Waals surface area contributed by atoms with Crippen molar-refractivity contribution in [2.45, 2.75) is 19.6 Å². The van der Waals surface area contributed by atoms with Gasteiger partial charge in [0.25, 0.3) is 0 Å². The average Bonchev–Trinajstić information content (AvgIpc) is 2.66. The van der Waals surface area contributed by atoms with Crippen molar-refractivity contribution < 1.29 is 19.1 Å². The number of benzene rings is 2. The topological polar surface area (TPSA) is 52.6 Å². The van der Waals surface area contributed by atoms with Gasteiger partial charge in [0.1, 0.15) is 0 Å². The predicted molar refractivity (Wildman–Crippen MR) is 97.2 cm³/mol. The van der Waals surface area contributed by atoms with Crippen LogP contribution >= 0.6 is 0 Å². The molecule has 0 atom stereocenters. The second-order valence-corrected chi connectivity index (χ2v) is 5.20. The average molecular weight is 336 g/mol. The van der Waals surface area contributed by atoms with Gasteiger partial charge in [0.05, 0.1) is 0 Å². The molecule has 0 amide bonds. The third kappa shape index (κ3) is 6.87. The first-order valence-electron chi connectivity index (χ1n) is 8.05. The second kappa shape index (κ2) is 9.88. The van der Waals surface area contributed by atoms with Crippen LogP contribution in [0.25, 0.3) is 12.2 Å². The van der Waals surface area contributed by atoms with Gasteiger partial charge in [-0.3, -0.25) is 0 Å². The van der Waals surface area contributed by atoms with E-state index in [2.05, 4.69) is 0 Å². The number of rotatable bonds is 7. The van der Waals surface area contributed by atoms with Gasteiger partial charge in [-0.05, 0) is 23.3 Å². The summed E-state index contributed by atoms with van der Waals surface area (Å²) in [5.74, 6) is -1.12. The highest BCUT2D eigenvalue weighted by Gasteiger charge is 2.14. The van der Waals surface area contributed by atoms with Crippen molar-refractivity contribution in [1.82, 2.24) is 0 Å². The van der Waals surface area contributed by atoms with Crippen LogP contribution in [0.4, 0.5) is 0 Å². The Balaban J connectivity index is 1.85. The molecule has 0 saturated carbocycles. The van der Waals surface area contributed by atoms with Gasteiger partial charge in [0.15, 0.2) is 0 Å². The molecule has 0 aromatic heterocycles. The van der Waals surface area contributed by atoms with E-state index >= 15 is 0 Å². The fraction of sp³-hybridized carbons (Fsp3) is 0.143. The Bertz CT molecular complexity index is 670. The molecule has 4 heteroatoms. The van der Waals surface area contributed by atoms with Crippen LogP contribution in [-0.4, -0.2) is 18.2 Å². The van der Waals surface area contributed by atoms with Crippen molar-refractivity contribution in [3.8, 4) is 0 Å². The van der Waals surface area contributed by atoms with E-state index in [1.807, 2.05) is 60.7 Å². The lowest BCUT2D eigenvalue weighted by molar-refractivity contribution is -0.181. The van der Waals surface area contributed by atoms with Crippen LogP contribution in [0, 0.1) is 0 Å². The summed E-state index contributed by atoms with van der Waals surface area (Å²) < 4.78 is 10.3. The molecule has 2 rings (SSSR count). The Morgan fingerprint density at radius 2 is 1.20 bits per heavy atom. The summed E-state index contributed by atoms with van der Waals surface area (Å²) in [6.45, 7) is 1.77. The van der Waals surface area contributed by atoms with E-state index in [0.29, 0.717) is 6.42 Å². The smallest absolute Gasteiger partial charge is 0.333 e. The zero-order chi connectivity index (χ0) is 17.9. The van der Waals surface area contributed by atoms with Crippen LogP contribution in [0.15, 0.2) is 72.8 Å². The molecule has 0 N–H and O–H groups in total. The van der Waals surface area contributed by atoms with Crippen molar-refractivity contribution in [3.63, 3.8) is 0 Å². The molecule has 0 aliphatic rings. The van der Waals surface area contributed by atoms with Gasteiger partial charge in [-0.25, -0.2) is 9.59 Å². The highest BCUT2D eigenvalue weighted by atomic mass is 16.7. The van der Waals surface area contributed by atoms with E-state index in [1.54, 1.807) is 19.1 Å². The number of carbonyl (C=O) groups is 2. The van der Waals surface area contributed by atoms with E-state index in [9.17, 15) is 9.59 Å². The molecule has 0 bridgehead atoms. The van der Waals surface area contributed by atoms with Gasteiger partial charge in [-0.1, -0.05) is 67.6 Å². The molecule has 0 fully saturated rings. The minimum atomic E-state index is -0.916. The minimum absolute atomic E-state index is 0.371. The molecule has 0 radical (unpaired) electrons. The van der Waals surface area contributed by atoms with Crippen LogP contribution in [0.5, 0.6) is 0 Å². The molecule has 0 saturated heterocycles. The van der Waals surface area contributed by atoms with Crippen LogP contribution in [0.2, 0.25) is 0 Å². The molecular weight excluding hydrogens is 316 g/mol. The molecule has 2 aromatic rings. The molecule has 0 aliphatic heterocycles. The highest BCUT2D eigenvalue weighted by molar-refractivity contribution is 5.88. The van der Waals surface area contributed by atoms with Crippen LogP contribution in [0.3, 0.4) is 0 Å². The maximum absolute atomic E-state index is 11.8. The molecule has 0 spiro atoms. The zero-order valence-electron chi connectivity index (χ0n) is 14.0. The van der Waals surface area contributed by atoms with Crippen molar-refractivity contribution in [1.29, 1.82) is 0 Å². The minimum Gasteiger partial charge on any atom is -0.422 e. The third-order valence-electron chi connectivity index (χ3n) is 3.25. The maximum atomic E-state index is 11.8. The van der Waals surface area contributed by atoms with E-state index in [0.717, 1.165) is 11.1 Å². The van der Waals surface area contributed by atoms with Gasteiger partial charge in [-0.2, -0.15) is 0 Å². The van der Waals surface area contributed by atoms with Crippen LogP contribution in [-0.2, 0) is 19.1 Å². The lowest BCUT2D eigenvalue weighted by Crippen LogP contribution is -2.22. The van der Waals surface area contributed by atoms with Gasteiger partial charge in [-0.15, -0.1) is 0 Å². The number of hydrogen-bond donors (Lipinski definition) is 0. The molecule has 0 heterocycles. The Morgan fingerprint density at radius 1 is 0.800 bits per heavy atom. The standard InChI is InChI=1S/C21H20O4/c1-2-21(24-19(22)15-13-17-9-5-3-6-10-17)25-20(23)16-14-18-11-7-4-8-12-18/h3-16,21H,2H2,1H3. The highest BCUT2D eigenvalue weighted by Crippen LogP contribution is 2.07. The summed E-state index contributed by atoms with van der Waals surface area (Å²) in [6, 6.07) is 18.8. The van der Waals surface area contributed by atoms with Crippen molar-refractivity contribution >= 4 is 24.1 Å². The molecule has 0 aliphatic carbocycles. The first-order valence-corrected chi connectivity index (χ1v) is 8.05. The van der Waals surface area contributed by atoms with E-state index in [-0.39, 0.29) is 0 Å². The number of ether oxygens (including phenoxy) is 2. The normalized spacial score (nSPS) is 12.2. The summed E-state index contributed by atoms with van der Waals surface area (Å²) in [4.78, 5) is 23.7. The Morgan fingerprint density at radius 3 is 1.56 bits per heavy atom. The molecule has 0 unspecified atom stereocenters. The number of hydrogen-bond acceptors (Lipinski definition) is 4. The molecule has 2 aromatic carbocycles. The second-order valence-electron chi connectivity index (χ2n) is 5.20. The summed E-state index contributed by atoms with van der Waals surface area (Å²) in [5, 5.41) is 0. The lowest BCUT2D eigenvalue weighted by Gasteiger charge is -2.14. The van der Waals surface area contributed by atoms with Crippen molar-refractivity contribution in [2.24, 2.45) is 0 Å². The van der Waals surface area contributed by atoms with E-state index in [4.69, 9.17) is 9.47 Å². The molecule has 25 heavy (non-hydrogen) atoms. The predicted octanol–water partition coefficient (Wildman–Crippen LogP) is 4.24. The first-order chi connectivity index (χ1) is 12.2. The fourth-order valence-corrected chi connectivity index (χ4v) is 1.99. The SMILES string of the molecule is CCC(OC(=O)C=Cc1ccccc1)OC(=O)C=Cc1ccccc1. The number of esters is 2. The monoisotopic (exact) mass is 336 g/mol. The Hall–Kier alpha value is -3.14. The molecule has 128 valence electrons. The number of carbonyl (C=O) groups excluding carboxylic acids is 2. The first kappa shape index (κ1) is 18.2. The zero-order valence-corrected chi connectivity index (χ0v) is 14.0. The third-order valence-corrected chi connectivity index (χ3v) is 3.25. The van der Waals surface area contributed by atoms with E-state index < -0.39 is 18.2 Å². The summed E-state index contributed by atoms with van der Waals surface area (Å²) in [7, 11) is 0. The van der Waals surface area contributed by atoms with Crippen molar-refractivity contribution in [3.05, 3.63) is 83.9 Å². The largest absolute Gasteiger partial charge is 0.422 e. The van der Waals surface area contributed by atoms with Crippen molar-refractivity contribution in [2.75, 3.05) is 0 Å². The van der Waals surface area contributed by atoms with Crippen LogP contribution in [0.1, 0.15) is 24.5 Å².